The molecular formula is C20H42N2O3. The van der Waals surface area contributed by atoms with E-state index in [9.17, 15) is 4.79 Å². The second-order valence-corrected chi connectivity index (χ2v) is 7.43. The molecule has 0 bridgehead atoms. The summed E-state index contributed by atoms with van der Waals surface area (Å²) in [7, 11) is 1.71. The lowest BCUT2D eigenvalue weighted by atomic mass is 10.1. The molecule has 0 radical (unpaired) electrons. The zero-order valence-corrected chi connectivity index (χ0v) is 17.6. The third-order valence-corrected chi connectivity index (χ3v) is 4.45. The Balaban J connectivity index is 0.000000614. The Hall–Kier alpha value is -0.650. The summed E-state index contributed by atoms with van der Waals surface area (Å²) < 4.78 is 10.8. The highest BCUT2D eigenvalue weighted by molar-refractivity contribution is 5.47. The molecule has 2 saturated heterocycles. The van der Waals surface area contributed by atoms with Gasteiger partial charge in [-0.1, -0.05) is 20.3 Å². The first-order valence-electron chi connectivity index (χ1n) is 10.0. The summed E-state index contributed by atoms with van der Waals surface area (Å²) in [5.41, 5.74) is 0.0417. The Morgan fingerprint density at radius 3 is 1.96 bits per heavy atom. The fraction of sp³-hybridized carbons (Fsp3) is 0.950. The molecule has 0 N–H and O–H groups in total. The number of hydrogen-bond acceptors (Lipinski definition) is 4. The van der Waals surface area contributed by atoms with E-state index in [1.54, 1.807) is 7.11 Å². The average molecular weight is 359 g/mol. The number of likely N-dealkylation sites (tertiary alicyclic amines) is 2. The third-order valence-electron chi connectivity index (χ3n) is 4.45. The van der Waals surface area contributed by atoms with Crippen LogP contribution in [0, 0.1) is 0 Å². The quantitative estimate of drug-likeness (QED) is 0.705. The number of ether oxygens (including phenoxy) is 2. The van der Waals surface area contributed by atoms with Crippen molar-refractivity contribution in [2.45, 2.75) is 78.4 Å². The summed E-state index contributed by atoms with van der Waals surface area (Å²) in [5.74, 6) is 0. The summed E-state index contributed by atoms with van der Waals surface area (Å²) in [6.45, 7) is 16.2. The van der Waals surface area contributed by atoms with E-state index in [0.717, 1.165) is 45.5 Å². The molecule has 5 nitrogen and oxygen atoms in total. The lowest BCUT2D eigenvalue weighted by molar-refractivity contribution is -0.120. The molecule has 25 heavy (non-hydrogen) atoms. The summed E-state index contributed by atoms with van der Waals surface area (Å²) in [6, 6.07) is 0. The van der Waals surface area contributed by atoms with Crippen LogP contribution in [0.5, 0.6) is 0 Å². The molecule has 0 aromatic heterocycles. The van der Waals surface area contributed by atoms with Gasteiger partial charge in [-0.25, -0.2) is 0 Å². The SMILES string of the molecule is CC.COC(C)(C)C.O=CN1CCC(OCCN2CCCCC2)CC1. The highest BCUT2D eigenvalue weighted by atomic mass is 16.5. The number of carbonyl (C=O) groups excluding carboxylic acids is 1. The van der Waals surface area contributed by atoms with Crippen LogP contribution in [-0.4, -0.2) is 74.4 Å². The molecule has 2 fully saturated rings. The molecule has 2 heterocycles. The molecular weight excluding hydrogens is 316 g/mol. The Kier molecular flexibility index (Phi) is 14.1. The van der Waals surface area contributed by atoms with Crippen LogP contribution in [-0.2, 0) is 14.3 Å². The van der Waals surface area contributed by atoms with Crippen LogP contribution in [0.1, 0.15) is 66.7 Å². The molecule has 0 aromatic carbocycles. The Bertz CT molecular complexity index is 305. The smallest absolute Gasteiger partial charge is 0.209 e. The first-order valence-corrected chi connectivity index (χ1v) is 10.0. The van der Waals surface area contributed by atoms with E-state index in [2.05, 4.69) is 4.90 Å². The first-order chi connectivity index (χ1) is 11.9. The van der Waals surface area contributed by atoms with Gasteiger partial charge in [-0.15, -0.1) is 0 Å². The maximum atomic E-state index is 10.6. The molecule has 0 aromatic rings. The van der Waals surface area contributed by atoms with Crippen molar-refractivity contribution in [2.24, 2.45) is 0 Å². The molecule has 150 valence electrons. The second kappa shape index (κ2) is 14.5. The summed E-state index contributed by atoms with van der Waals surface area (Å²) in [4.78, 5) is 14.9. The number of piperidine rings is 2. The van der Waals surface area contributed by atoms with E-state index >= 15 is 0 Å². The van der Waals surface area contributed by atoms with E-state index in [1.807, 2.05) is 39.5 Å². The van der Waals surface area contributed by atoms with Gasteiger partial charge >= 0.3 is 0 Å². The minimum Gasteiger partial charge on any atom is -0.379 e. The van der Waals surface area contributed by atoms with E-state index in [1.165, 1.54) is 32.4 Å². The minimum absolute atomic E-state index is 0.0417. The van der Waals surface area contributed by atoms with Crippen molar-refractivity contribution in [3.63, 3.8) is 0 Å². The zero-order chi connectivity index (χ0) is 19.1. The largest absolute Gasteiger partial charge is 0.379 e. The van der Waals surface area contributed by atoms with Crippen LogP contribution in [0.4, 0.5) is 0 Å². The Labute approximate surface area is 156 Å². The molecule has 0 saturated carbocycles. The van der Waals surface area contributed by atoms with Crippen molar-refractivity contribution >= 4 is 6.41 Å². The predicted molar refractivity (Wildman–Crippen MR) is 105 cm³/mol. The van der Waals surface area contributed by atoms with Gasteiger partial charge in [0.05, 0.1) is 18.3 Å². The fourth-order valence-electron chi connectivity index (χ4n) is 2.68. The van der Waals surface area contributed by atoms with Gasteiger partial charge in [0, 0.05) is 26.7 Å². The number of methoxy groups -OCH3 is 1. The van der Waals surface area contributed by atoms with E-state index in [4.69, 9.17) is 9.47 Å². The van der Waals surface area contributed by atoms with Gasteiger partial charge in [0.15, 0.2) is 0 Å². The van der Waals surface area contributed by atoms with E-state index < -0.39 is 0 Å². The van der Waals surface area contributed by atoms with Gasteiger partial charge < -0.3 is 19.3 Å². The number of carbonyl (C=O) groups is 1. The standard InChI is InChI=1S/C13H24N2O2.C5H12O.C2H6/c16-12-15-8-4-13(5-9-15)17-11-10-14-6-2-1-3-7-14;1-5(2,3)6-4;1-2/h12-13H,1-11H2;1-4H3;1-2H3. The molecule has 5 heteroatoms. The maximum absolute atomic E-state index is 10.6. The zero-order valence-electron chi connectivity index (χ0n) is 17.6. The van der Waals surface area contributed by atoms with Crippen molar-refractivity contribution in [1.82, 2.24) is 9.80 Å². The van der Waals surface area contributed by atoms with Crippen LogP contribution < -0.4 is 0 Å². The summed E-state index contributed by atoms with van der Waals surface area (Å²) in [5, 5.41) is 0. The van der Waals surface area contributed by atoms with Crippen LogP contribution in [0.25, 0.3) is 0 Å². The third kappa shape index (κ3) is 13.2. The summed E-state index contributed by atoms with van der Waals surface area (Å²) in [6.07, 6.45) is 7.40. The lowest BCUT2D eigenvalue weighted by Gasteiger charge is -2.31. The topological polar surface area (TPSA) is 42.0 Å². The maximum Gasteiger partial charge on any atom is 0.209 e. The Morgan fingerprint density at radius 1 is 1.00 bits per heavy atom. The fourth-order valence-corrected chi connectivity index (χ4v) is 2.68. The molecule has 2 aliphatic heterocycles. The molecule has 1 amide bonds. The van der Waals surface area contributed by atoms with Crippen molar-refractivity contribution in [2.75, 3.05) is 46.4 Å². The van der Waals surface area contributed by atoms with Crippen LogP contribution in [0.3, 0.4) is 0 Å². The van der Waals surface area contributed by atoms with Crippen molar-refractivity contribution in [1.29, 1.82) is 0 Å². The molecule has 2 aliphatic rings. The van der Waals surface area contributed by atoms with Crippen LogP contribution in [0.15, 0.2) is 0 Å². The number of hydrogen-bond donors (Lipinski definition) is 0. The summed E-state index contributed by atoms with van der Waals surface area (Å²) >= 11 is 0. The van der Waals surface area contributed by atoms with Gasteiger partial charge in [0.2, 0.25) is 6.41 Å². The predicted octanol–water partition coefficient (Wildman–Crippen LogP) is 3.57. The molecule has 2 rings (SSSR count). The van der Waals surface area contributed by atoms with Gasteiger partial charge in [-0.05, 0) is 59.5 Å². The van der Waals surface area contributed by atoms with Gasteiger partial charge in [-0.3, -0.25) is 4.79 Å². The Morgan fingerprint density at radius 2 is 1.52 bits per heavy atom. The minimum atomic E-state index is 0.0417. The molecule has 0 atom stereocenters. The first kappa shape index (κ1) is 24.4. The van der Waals surface area contributed by atoms with Crippen LogP contribution in [0.2, 0.25) is 0 Å². The second-order valence-electron chi connectivity index (χ2n) is 7.43. The molecule has 0 aliphatic carbocycles. The number of amides is 1. The van der Waals surface area contributed by atoms with Crippen molar-refractivity contribution < 1.29 is 14.3 Å². The lowest BCUT2D eigenvalue weighted by Crippen LogP contribution is -2.38. The number of rotatable bonds is 5. The van der Waals surface area contributed by atoms with E-state index in [0.29, 0.717) is 6.10 Å². The van der Waals surface area contributed by atoms with E-state index in [-0.39, 0.29) is 5.60 Å². The monoisotopic (exact) mass is 358 g/mol. The van der Waals surface area contributed by atoms with Gasteiger partial charge in [0.1, 0.15) is 0 Å². The molecule has 0 spiro atoms. The van der Waals surface area contributed by atoms with Crippen LogP contribution >= 0.6 is 0 Å². The van der Waals surface area contributed by atoms with Crippen molar-refractivity contribution in [3.8, 4) is 0 Å². The highest BCUT2D eigenvalue weighted by Crippen LogP contribution is 2.13. The average Bonchev–Trinajstić information content (AvgIpc) is 2.65. The molecule has 0 unspecified atom stereocenters. The number of nitrogens with zero attached hydrogens (tertiary/aromatic N) is 2. The highest BCUT2D eigenvalue weighted by Gasteiger charge is 2.18. The normalized spacial score (nSPS) is 19.4. The van der Waals surface area contributed by atoms with Crippen molar-refractivity contribution in [3.05, 3.63) is 0 Å². The van der Waals surface area contributed by atoms with Gasteiger partial charge in [0.25, 0.3) is 0 Å². The van der Waals surface area contributed by atoms with Gasteiger partial charge in [-0.2, -0.15) is 0 Å².